The molecule has 0 aromatic carbocycles. The molecular weight excluding hydrogens is 324 g/mol. The van der Waals surface area contributed by atoms with Crippen LogP contribution in [0.25, 0.3) is 11.3 Å². The lowest BCUT2D eigenvalue weighted by Gasteiger charge is -1.98. The third-order valence-corrected chi connectivity index (χ3v) is 3.77. The largest absolute Gasteiger partial charge is 0.221 e. The van der Waals surface area contributed by atoms with Gasteiger partial charge in [0.05, 0.1) is 0 Å². The van der Waals surface area contributed by atoms with Crippen molar-refractivity contribution in [2.24, 2.45) is 0 Å². The molecular formula is C20H30N6. The van der Waals surface area contributed by atoms with E-state index in [-0.39, 0.29) is 0 Å². The van der Waals surface area contributed by atoms with E-state index in [1.165, 1.54) is 22.3 Å². The van der Waals surface area contributed by atoms with Gasteiger partial charge in [0.25, 0.3) is 0 Å². The molecule has 4 heterocycles. The van der Waals surface area contributed by atoms with Gasteiger partial charge in [0, 0.05) is 12.4 Å². The normalized spacial score (nSPS) is 9.54. The van der Waals surface area contributed by atoms with Gasteiger partial charge in [-0.1, -0.05) is 27.7 Å². The monoisotopic (exact) mass is 354 g/mol. The minimum atomic E-state index is 0.910. The van der Waals surface area contributed by atoms with E-state index in [0.717, 1.165) is 11.3 Å². The Morgan fingerprint density at radius 2 is 0.923 bits per heavy atom. The molecule has 0 saturated carbocycles. The number of hydrogen-bond acceptors (Lipinski definition) is 4. The van der Waals surface area contributed by atoms with Crippen molar-refractivity contribution >= 4 is 11.3 Å². The van der Waals surface area contributed by atoms with Gasteiger partial charge in [-0.15, -0.1) is 0 Å². The van der Waals surface area contributed by atoms with Crippen molar-refractivity contribution < 1.29 is 0 Å². The third-order valence-electron chi connectivity index (χ3n) is 3.77. The van der Waals surface area contributed by atoms with Crippen LogP contribution in [0.4, 0.5) is 0 Å². The van der Waals surface area contributed by atoms with Crippen LogP contribution in [0.5, 0.6) is 0 Å². The zero-order valence-corrected chi connectivity index (χ0v) is 17.1. The molecule has 0 bridgehead atoms. The van der Waals surface area contributed by atoms with Crippen LogP contribution >= 0.6 is 0 Å². The quantitative estimate of drug-likeness (QED) is 0.457. The molecule has 4 rings (SSSR count). The maximum absolute atomic E-state index is 4.07. The predicted molar refractivity (Wildman–Crippen MR) is 108 cm³/mol. The van der Waals surface area contributed by atoms with Gasteiger partial charge in [-0.05, 0) is 62.1 Å². The van der Waals surface area contributed by atoms with Gasteiger partial charge in [0.1, 0.15) is 12.7 Å². The number of pyridine rings is 2. The summed E-state index contributed by atoms with van der Waals surface area (Å²) in [5.41, 5.74) is 6.81. The summed E-state index contributed by atoms with van der Waals surface area (Å²) >= 11 is 0. The Balaban J connectivity index is 0.000000219. The average molecular weight is 355 g/mol. The van der Waals surface area contributed by atoms with Crippen molar-refractivity contribution in [1.29, 1.82) is 0 Å². The Labute approximate surface area is 155 Å². The Kier molecular flexibility index (Phi) is 8.42. The Morgan fingerprint density at radius 1 is 0.577 bits per heavy atom. The van der Waals surface area contributed by atoms with E-state index in [1.807, 2.05) is 52.2 Å². The Morgan fingerprint density at radius 3 is 1.27 bits per heavy atom. The van der Waals surface area contributed by atoms with Crippen molar-refractivity contribution in [2.45, 2.75) is 55.4 Å². The molecule has 0 unspecified atom stereocenters. The fourth-order valence-corrected chi connectivity index (χ4v) is 2.11. The number of fused-ring (bicyclic) bond motifs is 2. The summed E-state index contributed by atoms with van der Waals surface area (Å²) in [5, 5.41) is 8.05. The molecule has 0 atom stereocenters. The molecule has 0 N–H and O–H groups in total. The first kappa shape index (κ1) is 21.3. The molecule has 6 nitrogen and oxygen atoms in total. The first-order chi connectivity index (χ1) is 12.5. The topological polar surface area (TPSA) is 60.4 Å². The van der Waals surface area contributed by atoms with Gasteiger partial charge in [0.15, 0.2) is 11.3 Å². The van der Waals surface area contributed by atoms with Gasteiger partial charge in [0.2, 0.25) is 0 Å². The van der Waals surface area contributed by atoms with Crippen LogP contribution in [0.15, 0.2) is 37.2 Å². The van der Waals surface area contributed by atoms with E-state index >= 15 is 0 Å². The highest BCUT2D eigenvalue weighted by atomic mass is 15.3. The number of aryl methyl sites for hydroxylation is 4. The molecule has 6 heteroatoms. The minimum Gasteiger partial charge on any atom is -0.221 e. The molecule has 140 valence electrons. The van der Waals surface area contributed by atoms with Gasteiger partial charge in [-0.2, -0.15) is 10.2 Å². The van der Waals surface area contributed by atoms with Crippen LogP contribution in [0.1, 0.15) is 49.9 Å². The molecule has 0 saturated heterocycles. The van der Waals surface area contributed by atoms with E-state index < -0.39 is 0 Å². The fourth-order valence-electron chi connectivity index (χ4n) is 2.11. The predicted octanol–water partition coefficient (Wildman–Crippen LogP) is 4.74. The highest BCUT2D eigenvalue weighted by Gasteiger charge is 1.98. The summed E-state index contributed by atoms with van der Waals surface area (Å²) in [4.78, 5) is 8.14. The molecule has 0 aliphatic heterocycles. The van der Waals surface area contributed by atoms with Crippen LogP contribution in [0, 0.1) is 27.7 Å². The summed E-state index contributed by atoms with van der Waals surface area (Å²) in [6, 6.07) is 4.06. The van der Waals surface area contributed by atoms with Crippen LogP contribution < -0.4 is 0 Å². The second-order valence-corrected chi connectivity index (χ2v) is 5.40. The maximum Gasteiger partial charge on any atom is 0.155 e. The van der Waals surface area contributed by atoms with Crippen molar-refractivity contribution in [3.8, 4) is 0 Å². The summed E-state index contributed by atoms with van der Waals surface area (Å²) in [7, 11) is 0. The summed E-state index contributed by atoms with van der Waals surface area (Å²) < 4.78 is 3.56. The number of rotatable bonds is 0. The molecule has 4 aromatic rings. The Hall–Kier alpha value is -2.76. The molecule has 0 aliphatic carbocycles. The van der Waals surface area contributed by atoms with Crippen molar-refractivity contribution in [2.75, 3.05) is 0 Å². The lowest BCUT2D eigenvalue weighted by molar-refractivity contribution is 0.946. The minimum absolute atomic E-state index is 0.910. The van der Waals surface area contributed by atoms with E-state index in [9.17, 15) is 0 Å². The molecule has 0 fully saturated rings. The SMILES string of the molecule is CC.CC.Cc1cc2ncnn2cc1C.Cc1cc2ncnn2cc1C. The van der Waals surface area contributed by atoms with Gasteiger partial charge in [-0.3, -0.25) is 0 Å². The smallest absolute Gasteiger partial charge is 0.155 e. The van der Waals surface area contributed by atoms with Gasteiger partial charge < -0.3 is 0 Å². The highest BCUT2D eigenvalue weighted by Crippen LogP contribution is 2.08. The van der Waals surface area contributed by atoms with Gasteiger partial charge in [-0.25, -0.2) is 19.0 Å². The molecule has 0 spiro atoms. The lowest BCUT2D eigenvalue weighted by atomic mass is 10.2. The van der Waals surface area contributed by atoms with Crippen LogP contribution in [-0.4, -0.2) is 29.2 Å². The van der Waals surface area contributed by atoms with Crippen molar-refractivity contribution in [3.05, 3.63) is 59.4 Å². The first-order valence-electron chi connectivity index (χ1n) is 9.08. The van der Waals surface area contributed by atoms with Crippen molar-refractivity contribution in [1.82, 2.24) is 29.2 Å². The molecule has 0 radical (unpaired) electrons. The van der Waals surface area contributed by atoms with Crippen molar-refractivity contribution in [3.63, 3.8) is 0 Å². The van der Waals surface area contributed by atoms with Gasteiger partial charge >= 0.3 is 0 Å². The maximum atomic E-state index is 4.07. The zero-order valence-electron chi connectivity index (χ0n) is 17.1. The lowest BCUT2D eigenvalue weighted by Crippen LogP contribution is -1.90. The average Bonchev–Trinajstić information content (AvgIpc) is 3.29. The Bertz CT molecular complexity index is 786. The number of nitrogens with zero attached hydrogens (tertiary/aromatic N) is 6. The second-order valence-electron chi connectivity index (χ2n) is 5.40. The van der Waals surface area contributed by atoms with E-state index in [0.29, 0.717) is 0 Å². The summed E-state index contributed by atoms with van der Waals surface area (Å²) in [6.45, 7) is 16.3. The van der Waals surface area contributed by atoms with E-state index in [1.54, 1.807) is 21.7 Å². The highest BCUT2D eigenvalue weighted by molar-refractivity contribution is 5.42. The van der Waals surface area contributed by atoms with Crippen LogP contribution in [0.2, 0.25) is 0 Å². The number of aromatic nitrogens is 6. The third kappa shape index (κ3) is 5.12. The summed E-state index contributed by atoms with van der Waals surface area (Å²) in [6.07, 6.45) is 7.09. The van der Waals surface area contributed by atoms with E-state index in [2.05, 4.69) is 47.9 Å². The van der Waals surface area contributed by atoms with Crippen LogP contribution in [0.3, 0.4) is 0 Å². The number of hydrogen-bond donors (Lipinski definition) is 0. The molecule has 0 aliphatic rings. The first-order valence-corrected chi connectivity index (χ1v) is 9.08. The molecule has 26 heavy (non-hydrogen) atoms. The zero-order chi connectivity index (χ0) is 19.7. The molecule has 0 amide bonds. The van der Waals surface area contributed by atoms with E-state index in [4.69, 9.17) is 0 Å². The second kappa shape index (κ2) is 10.3. The fraction of sp³-hybridized carbons (Fsp3) is 0.400. The standard InChI is InChI=1S/2C8H9N3.2C2H6/c2*1-6-3-8-9-5-10-11(8)4-7(6)2;2*1-2/h2*3-5H,1-2H3;2*1-2H3. The molecule has 4 aromatic heterocycles. The summed E-state index contributed by atoms with van der Waals surface area (Å²) in [5.74, 6) is 0. The van der Waals surface area contributed by atoms with Crippen LogP contribution in [-0.2, 0) is 0 Å².